The lowest BCUT2D eigenvalue weighted by atomic mass is 9.67. The van der Waals surface area contributed by atoms with Crippen LogP contribution in [-0.2, 0) is 9.53 Å². The zero-order chi connectivity index (χ0) is 21.3. The Morgan fingerprint density at radius 3 is 2.59 bits per heavy atom. The van der Waals surface area contributed by atoms with Crippen molar-refractivity contribution in [3.05, 3.63) is 34.3 Å². The number of carboxylic acids is 1. The summed E-state index contributed by atoms with van der Waals surface area (Å²) in [5.74, 6) is -0.415. The van der Waals surface area contributed by atoms with Gasteiger partial charge in [-0.2, -0.15) is 5.26 Å². The minimum atomic E-state index is -1.00. The molecule has 1 aliphatic heterocycles. The third-order valence-corrected chi connectivity index (χ3v) is 6.30. The van der Waals surface area contributed by atoms with E-state index in [0.29, 0.717) is 23.6 Å². The number of carboxylic acid groups (broad SMARTS) is 1. The molecule has 4 atom stereocenters. The number of rotatable bonds is 2. The van der Waals surface area contributed by atoms with E-state index in [1.807, 2.05) is 12.1 Å². The molecule has 1 aromatic carbocycles. The molecule has 1 saturated carbocycles. The number of carbonyl (C=O) groups excluding carboxylic acids is 1. The first-order valence-corrected chi connectivity index (χ1v) is 10.4. The zero-order valence-electron chi connectivity index (χ0n) is 17.0. The number of benzene rings is 1. The van der Waals surface area contributed by atoms with Crippen LogP contribution in [0.2, 0.25) is 5.02 Å². The third kappa shape index (κ3) is 4.67. The number of fused-ring (bicyclic) bond motifs is 1. The van der Waals surface area contributed by atoms with Crippen molar-refractivity contribution in [2.24, 2.45) is 11.8 Å². The Balaban J connectivity index is 1.79. The second-order valence-corrected chi connectivity index (χ2v) is 9.48. The number of likely N-dealkylation sites (tertiary alicyclic amines) is 1. The molecule has 0 aromatic heterocycles. The zero-order valence-corrected chi connectivity index (χ0v) is 17.8. The molecular formula is C22H27ClN2O4. The number of nitrogens with zero attached hydrogens (tertiary/aromatic N) is 2. The van der Waals surface area contributed by atoms with E-state index in [4.69, 9.17) is 16.3 Å². The van der Waals surface area contributed by atoms with Gasteiger partial charge in [0.25, 0.3) is 0 Å². The first-order valence-electron chi connectivity index (χ1n) is 10.0. The van der Waals surface area contributed by atoms with E-state index in [2.05, 4.69) is 6.07 Å². The fourth-order valence-electron chi connectivity index (χ4n) is 4.69. The summed E-state index contributed by atoms with van der Waals surface area (Å²) in [4.78, 5) is 25.9. The van der Waals surface area contributed by atoms with Crippen LogP contribution in [0.15, 0.2) is 18.2 Å². The highest BCUT2D eigenvalue weighted by molar-refractivity contribution is 6.31. The number of piperidine rings is 1. The summed E-state index contributed by atoms with van der Waals surface area (Å²) in [7, 11) is 0. The minimum absolute atomic E-state index is 0.173. The molecule has 2 aliphatic rings. The van der Waals surface area contributed by atoms with E-state index in [1.54, 1.807) is 26.8 Å². The summed E-state index contributed by atoms with van der Waals surface area (Å²) < 4.78 is 5.44. The number of carbonyl (C=O) groups is 2. The van der Waals surface area contributed by atoms with E-state index < -0.39 is 23.7 Å². The van der Waals surface area contributed by atoms with Gasteiger partial charge in [-0.15, -0.1) is 0 Å². The number of halogens is 1. The van der Waals surface area contributed by atoms with Crippen molar-refractivity contribution in [3.8, 4) is 6.07 Å². The molecule has 29 heavy (non-hydrogen) atoms. The molecule has 6 nitrogen and oxygen atoms in total. The van der Waals surface area contributed by atoms with Crippen molar-refractivity contribution in [1.29, 1.82) is 5.26 Å². The number of amides is 1. The molecule has 1 heterocycles. The topological polar surface area (TPSA) is 90.6 Å². The van der Waals surface area contributed by atoms with E-state index >= 15 is 0 Å². The fourth-order valence-corrected chi connectivity index (χ4v) is 4.91. The molecule has 0 spiro atoms. The van der Waals surface area contributed by atoms with Crippen LogP contribution in [0.5, 0.6) is 0 Å². The SMILES string of the molecule is CC(C)(C)OC(=O)N1C[C@@H]2CC[C@H](c3cccc(Cl)c3C#N)C[C@@H]2C[C@H]1C(=O)O. The summed E-state index contributed by atoms with van der Waals surface area (Å²) >= 11 is 6.20. The summed E-state index contributed by atoms with van der Waals surface area (Å²) in [5, 5.41) is 19.7. The van der Waals surface area contributed by atoms with Gasteiger partial charge in [0.15, 0.2) is 0 Å². The fraction of sp³-hybridized carbons (Fsp3) is 0.591. The molecule has 0 bridgehead atoms. The summed E-state index contributed by atoms with van der Waals surface area (Å²) in [6.45, 7) is 5.72. The van der Waals surface area contributed by atoms with E-state index in [9.17, 15) is 20.0 Å². The lowest BCUT2D eigenvalue weighted by Gasteiger charge is -2.46. The average Bonchev–Trinajstić information content (AvgIpc) is 2.64. The number of ether oxygens (including phenoxy) is 1. The molecule has 1 N–H and O–H groups in total. The van der Waals surface area contributed by atoms with Crippen molar-refractivity contribution < 1.29 is 19.4 Å². The highest BCUT2D eigenvalue weighted by Crippen LogP contribution is 2.46. The predicted molar refractivity (Wildman–Crippen MR) is 109 cm³/mol. The van der Waals surface area contributed by atoms with Crippen LogP contribution < -0.4 is 0 Å². The molecule has 1 aromatic rings. The highest BCUT2D eigenvalue weighted by atomic mass is 35.5. The van der Waals surface area contributed by atoms with Crippen LogP contribution >= 0.6 is 11.6 Å². The van der Waals surface area contributed by atoms with Gasteiger partial charge in [0.05, 0.1) is 10.6 Å². The highest BCUT2D eigenvalue weighted by Gasteiger charge is 2.45. The quantitative estimate of drug-likeness (QED) is 0.744. The molecule has 1 amide bonds. The van der Waals surface area contributed by atoms with Crippen LogP contribution in [0, 0.1) is 23.2 Å². The predicted octanol–water partition coefficient (Wildman–Crippen LogP) is 4.81. The summed E-state index contributed by atoms with van der Waals surface area (Å²) in [6, 6.07) is 6.84. The maximum absolute atomic E-state index is 12.6. The molecule has 0 unspecified atom stereocenters. The van der Waals surface area contributed by atoms with Crippen molar-refractivity contribution in [3.63, 3.8) is 0 Å². The minimum Gasteiger partial charge on any atom is -0.480 e. The van der Waals surface area contributed by atoms with Crippen LogP contribution in [-0.4, -0.2) is 40.3 Å². The monoisotopic (exact) mass is 418 g/mol. The molecule has 0 radical (unpaired) electrons. The maximum atomic E-state index is 12.6. The lowest BCUT2D eigenvalue weighted by molar-refractivity contribution is -0.146. The number of hydrogen-bond acceptors (Lipinski definition) is 4. The first kappa shape index (κ1) is 21.4. The Kier molecular flexibility index (Phi) is 6.09. The number of hydrogen-bond donors (Lipinski definition) is 1. The van der Waals surface area contributed by atoms with Gasteiger partial charge in [-0.25, -0.2) is 9.59 Å². The Bertz CT molecular complexity index is 842. The normalized spacial score (nSPS) is 26.9. The van der Waals surface area contributed by atoms with Crippen molar-refractivity contribution in [2.75, 3.05) is 6.54 Å². The van der Waals surface area contributed by atoms with Gasteiger partial charge in [0.1, 0.15) is 17.7 Å². The van der Waals surface area contributed by atoms with Gasteiger partial charge in [-0.3, -0.25) is 4.90 Å². The molecule has 1 aliphatic carbocycles. The average molecular weight is 419 g/mol. The maximum Gasteiger partial charge on any atom is 0.411 e. The largest absolute Gasteiger partial charge is 0.480 e. The Morgan fingerprint density at radius 2 is 1.97 bits per heavy atom. The third-order valence-electron chi connectivity index (χ3n) is 5.98. The second-order valence-electron chi connectivity index (χ2n) is 9.07. The van der Waals surface area contributed by atoms with Crippen molar-refractivity contribution >= 4 is 23.7 Å². The molecule has 7 heteroatoms. The molecule has 2 fully saturated rings. The Labute approximate surface area is 176 Å². The summed E-state index contributed by atoms with van der Waals surface area (Å²) in [5.41, 5.74) is 0.785. The number of nitriles is 1. The van der Waals surface area contributed by atoms with Gasteiger partial charge in [0.2, 0.25) is 0 Å². The Morgan fingerprint density at radius 1 is 1.24 bits per heavy atom. The van der Waals surface area contributed by atoms with Crippen LogP contribution in [0.4, 0.5) is 4.79 Å². The van der Waals surface area contributed by atoms with Gasteiger partial charge in [-0.05, 0) is 75.8 Å². The van der Waals surface area contributed by atoms with Gasteiger partial charge < -0.3 is 9.84 Å². The van der Waals surface area contributed by atoms with Crippen molar-refractivity contribution in [1.82, 2.24) is 4.90 Å². The molecular weight excluding hydrogens is 392 g/mol. The molecule has 3 rings (SSSR count). The first-order chi connectivity index (χ1) is 13.6. The second kappa shape index (κ2) is 8.23. The molecule has 156 valence electrons. The van der Waals surface area contributed by atoms with Crippen LogP contribution in [0.25, 0.3) is 0 Å². The van der Waals surface area contributed by atoms with Gasteiger partial charge in [0, 0.05) is 6.54 Å². The van der Waals surface area contributed by atoms with Crippen LogP contribution in [0.1, 0.15) is 63.5 Å². The van der Waals surface area contributed by atoms with E-state index in [0.717, 1.165) is 24.8 Å². The molecule has 1 saturated heterocycles. The standard InChI is InChI=1S/C22H27ClN2O4/c1-22(2,3)29-21(28)25-12-14-8-7-13(9-15(14)10-19(25)20(26)27)16-5-4-6-18(23)17(16)11-24/h4-6,13-15,19H,7-10,12H2,1-3H3,(H,26,27)/t13-,14-,15+,19-/m0/s1. The number of aliphatic carboxylic acids is 1. The smallest absolute Gasteiger partial charge is 0.411 e. The van der Waals surface area contributed by atoms with E-state index in [1.165, 1.54) is 4.90 Å². The van der Waals surface area contributed by atoms with E-state index in [-0.39, 0.29) is 17.8 Å². The van der Waals surface area contributed by atoms with Crippen LogP contribution in [0.3, 0.4) is 0 Å². The lowest BCUT2D eigenvalue weighted by Crippen LogP contribution is -2.55. The van der Waals surface area contributed by atoms with Crippen molar-refractivity contribution in [2.45, 2.75) is 64.0 Å². The Hall–Kier alpha value is -2.26. The van der Waals surface area contributed by atoms with Gasteiger partial charge in [-0.1, -0.05) is 23.7 Å². The van der Waals surface area contributed by atoms with Gasteiger partial charge >= 0.3 is 12.1 Å². The summed E-state index contributed by atoms with van der Waals surface area (Å²) in [6.07, 6.45) is 2.39.